The largest absolute Gasteiger partial charge is 0.467 e. The molecule has 6 nitrogen and oxygen atoms in total. The van der Waals surface area contributed by atoms with Gasteiger partial charge >= 0.3 is 5.97 Å². The lowest BCUT2D eigenvalue weighted by atomic mass is 9.88. The van der Waals surface area contributed by atoms with E-state index in [0.717, 1.165) is 27.7 Å². The van der Waals surface area contributed by atoms with Crippen molar-refractivity contribution in [2.45, 2.75) is 25.4 Å². The standard InChI is InChI=1S/C20H19N3O3/c1-12(24)23-17(20(25)26-2)10-15-14-7-3-4-8-16(14)22-18(15)19(23)13-6-5-9-21-11-13/h3-9,11,17,19,22H,10H2,1-2H3/t17-,19+/m0/s1. The number of esters is 1. The van der Waals surface area contributed by atoms with Crippen LogP contribution in [0.4, 0.5) is 0 Å². The average molecular weight is 349 g/mol. The highest BCUT2D eigenvalue weighted by Gasteiger charge is 2.42. The summed E-state index contributed by atoms with van der Waals surface area (Å²) in [6.45, 7) is 1.48. The summed E-state index contributed by atoms with van der Waals surface area (Å²) in [6, 6.07) is 10.6. The Hall–Kier alpha value is -3.15. The fourth-order valence-corrected chi connectivity index (χ4v) is 3.88. The number of para-hydroxylation sites is 1. The molecule has 0 saturated carbocycles. The van der Waals surface area contributed by atoms with Crippen LogP contribution in [0.3, 0.4) is 0 Å². The van der Waals surface area contributed by atoms with Gasteiger partial charge in [-0.15, -0.1) is 0 Å². The van der Waals surface area contributed by atoms with Crippen molar-refractivity contribution in [2.75, 3.05) is 7.11 Å². The van der Waals surface area contributed by atoms with Gasteiger partial charge < -0.3 is 14.6 Å². The van der Waals surface area contributed by atoms with Crippen LogP contribution in [0.1, 0.15) is 29.8 Å². The Bertz CT molecular complexity index is 980. The highest BCUT2D eigenvalue weighted by Crippen LogP contribution is 2.40. The Balaban J connectivity index is 1.98. The number of carbonyl (C=O) groups excluding carboxylic acids is 2. The van der Waals surface area contributed by atoms with E-state index in [-0.39, 0.29) is 5.91 Å². The number of H-pyrrole nitrogens is 1. The first-order valence-electron chi connectivity index (χ1n) is 8.48. The second kappa shape index (κ2) is 6.29. The van der Waals surface area contributed by atoms with Crippen LogP contribution in [0, 0.1) is 0 Å². The Morgan fingerprint density at radius 1 is 1.23 bits per heavy atom. The number of pyridine rings is 1. The number of ether oxygens (including phenoxy) is 1. The van der Waals surface area contributed by atoms with Gasteiger partial charge in [-0.3, -0.25) is 9.78 Å². The smallest absolute Gasteiger partial charge is 0.328 e. The predicted molar refractivity (Wildman–Crippen MR) is 96.4 cm³/mol. The molecule has 0 unspecified atom stereocenters. The molecule has 0 fully saturated rings. The number of methoxy groups -OCH3 is 1. The molecule has 3 heterocycles. The maximum Gasteiger partial charge on any atom is 0.328 e. The summed E-state index contributed by atoms with van der Waals surface area (Å²) < 4.78 is 5.00. The van der Waals surface area contributed by atoms with E-state index in [9.17, 15) is 9.59 Å². The van der Waals surface area contributed by atoms with E-state index in [1.165, 1.54) is 14.0 Å². The van der Waals surface area contributed by atoms with Crippen molar-refractivity contribution in [1.82, 2.24) is 14.9 Å². The molecule has 2 aromatic heterocycles. The van der Waals surface area contributed by atoms with Gasteiger partial charge in [-0.25, -0.2) is 4.79 Å². The van der Waals surface area contributed by atoms with Crippen molar-refractivity contribution in [1.29, 1.82) is 0 Å². The molecule has 0 bridgehead atoms. The van der Waals surface area contributed by atoms with Gasteiger partial charge in [0.15, 0.2) is 0 Å². The average Bonchev–Trinajstić information content (AvgIpc) is 3.04. The number of hydrogen-bond donors (Lipinski definition) is 1. The molecule has 0 aliphatic carbocycles. The van der Waals surface area contributed by atoms with Gasteiger partial charge in [0, 0.05) is 42.3 Å². The van der Waals surface area contributed by atoms with Gasteiger partial charge in [-0.2, -0.15) is 0 Å². The van der Waals surface area contributed by atoms with Crippen LogP contribution >= 0.6 is 0 Å². The summed E-state index contributed by atoms with van der Waals surface area (Å²) in [5.74, 6) is -0.594. The Morgan fingerprint density at radius 3 is 2.73 bits per heavy atom. The maximum absolute atomic E-state index is 12.5. The molecule has 3 aromatic rings. The summed E-state index contributed by atoms with van der Waals surface area (Å²) in [5.41, 5.74) is 3.81. The molecule has 6 heteroatoms. The van der Waals surface area contributed by atoms with E-state index in [4.69, 9.17) is 4.74 Å². The molecule has 1 aliphatic heterocycles. The summed E-state index contributed by atoms with van der Waals surface area (Å²) in [5, 5.41) is 1.06. The molecule has 0 radical (unpaired) electrons. The molecular formula is C20H19N3O3. The Labute approximate surface area is 150 Å². The second-order valence-corrected chi connectivity index (χ2v) is 6.42. The third-order valence-corrected chi connectivity index (χ3v) is 4.97. The van der Waals surface area contributed by atoms with Crippen LogP contribution in [0.15, 0.2) is 48.8 Å². The number of nitrogens with one attached hydrogen (secondary N) is 1. The second-order valence-electron chi connectivity index (χ2n) is 6.42. The Kier molecular flexibility index (Phi) is 3.95. The van der Waals surface area contributed by atoms with Gasteiger partial charge in [-0.1, -0.05) is 24.3 Å². The van der Waals surface area contributed by atoms with Gasteiger partial charge in [0.2, 0.25) is 5.91 Å². The number of aromatic amines is 1. The zero-order valence-corrected chi connectivity index (χ0v) is 14.6. The summed E-state index contributed by atoms with van der Waals surface area (Å²) in [4.78, 5) is 34.3. The lowest BCUT2D eigenvalue weighted by molar-refractivity contribution is -0.154. The van der Waals surface area contributed by atoms with Crippen LogP contribution in [-0.2, 0) is 20.7 Å². The lowest BCUT2D eigenvalue weighted by Crippen LogP contribution is -2.51. The highest BCUT2D eigenvalue weighted by atomic mass is 16.5. The quantitative estimate of drug-likeness (QED) is 0.722. The number of aromatic nitrogens is 2. The molecule has 0 saturated heterocycles. The zero-order valence-electron chi connectivity index (χ0n) is 14.6. The van der Waals surface area contributed by atoms with Gasteiger partial charge in [0.25, 0.3) is 0 Å². The molecule has 4 rings (SSSR count). The van der Waals surface area contributed by atoms with Crippen LogP contribution in [0.5, 0.6) is 0 Å². The Morgan fingerprint density at radius 2 is 2.04 bits per heavy atom. The fraction of sp³-hybridized carbons (Fsp3) is 0.250. The monoisotopic (exact) mass is 349 g/mol. The molecule has 1 N–H and O–H groups in total. The minimum atomic E-state index is -0.672. The van der Waals surface area contributed by atoms with Gasteiger partial charge in [0.05, 0.1) is 13.2 Å². The van der Waals surface area contributed by atoms with Crippen LogP contribution in [0.2, 0.25) is 0 Å². The van der Waals surface area contributed by atoms with E-state index in [2.05, 4.69) is 9.97 Å². The van der Waals surface area contributed by atoms with Crippen molar-refractivity contribution in [2.24, 2.45) is 0 Å². The molecule has 1 aromatic carbocycles. The summed E-state index contributed by atoms with van der Waals surface area (Å²) >= 11 is 0. The topological polar surface area (TPSA) is 75.3 Å². The predicted octanol–water partition coefficient (Wildman–Crippen LogP) is 2.60. The molecule has 0 spiro atoms. The number of hydrogen-bond acceptors (Lipinski definition) is 4. The van der Waals surface area contributed by atoms with E-state index in [0.29, 0.717) is 6.42 Å². The lowest BCUT2D eigenvalue weighted by Gasteiger charge is -2.40. The van der Waals surface area contributed by atoms with Crippen molar-refractivity contribution in [3.63, 3.8) is 0 Å². The maximum atomic E-state index is 12.5. The number of amides is 1. The minimum absolute atomic E-state index is 0.182. The first kappa shape index (κ1) is 16.3. The van der Waals surface area contributed by atoms with Gasteiger partial charge in [-0.05, 0) is 23.3 Å². The van der Waals surface area contributed by atoms with Crippen molar-refractivity contribution in [3.8, 4) is 0 Å². The van der Waals surface area contributed by atoms with E-state index in [1.807, 2.05) is 36.4 Å². The van der Waals surface area contributed by atoms with Gasteiger partial charge in [0.1, 0.15) is 6.04 Å². The summed E-state index contributed by atoms with van der Waals surface area (Å²) in [7, 11) is 1.35. The SMILES string of the molecule is COC(=O)[C@@H]1Cc2c([nH]c3ccccc23)[C@@H](c2cccnc2)N1C(C)=O. The van der Waals surface area contributed by atoms with Crippen LogP contribution in [0.25, 0.3) is 10.9 Å². The molecule has 1 amide bonds. The van der Waals surface area contributed by atoms with Crippen LogP contribution < -0.4 is 0 Å². The third-order valence-electron chi connectivity index (χ3n) is 4.97. The first-order chi connectivity index (χ1) is 12.6. The number of rotatable bonds is 2. The third kappa shape index (κ3) is 2.45. The molecule has 2 atom stereocenters. The molecular weight excluding hydrogens is 330 g/mol. The number of nitrogens with zero attached hydrogens (tertiary/aromatic N) is 2. The number of benzene rings is 1. The van der Waals surface area contributed by atoms with E-state index >= 15 is 0 Å². The zero-order chi connectivity index (χ0) is 18.3. The normalized spacial score (nSPS) is 19.2. The molecule has 132 valence electrons. The van der Waals surface area contributed by atoms with Crippen molar-refractivity contribution >= 4 is 22.8 Å². The number of fused-ring (bicyclic) bond motifs is 3. The molecule has 26 heavy (non-hydrogen) atoms. The van der Waals surface area contributed by atoms with E-state index in [1.54, 1.807) is 17.3 Å². The van der Waals surface area contributed by atoms with Crippen molar-refractivity contribution in [3.05, 3.63) is 65.6 Å². The highest BCUT2D eigenvalue weighted by molar-refractivity contribution is 5.90. The molecule has 1 aliphatic rings. The van der Waals surface area contributed by atoms with Crippen LogP contribution in [-0.4, -0.2) is 39.9 Å². The number of carbonyl (C=O) groups is 2. The van der Waals surface area contributed by atoms with Crippen molar-refractivity contribution < 1.29 is 14.3 Å². The van der Waals surface area contributed by atoms with E-state index < -0.39 is 18.1 Å². The fourth-order valence-electron chi connectivity index (χ4n) is 3.88. The summed E-state index contributed by atoms with van der Waals surface area (Å²) in [6.07, 6.45) is 3.84. The first-order valence-corrected chi connectivity index (χ1v) is 8.48. The minimum Gasteiger partial charge on any atom is -0.467 e.